The van der Waals surface area contributed by atoms with Crippen molar-refractivity contribution in [2.24, 2.45) is 11.8 Å². The van der Waals surface area contributed by atoms with Gasteiger partial charge in [0.05, 0.1) is 17.4 Å². The minimum absolute atomic E-state index is 0.0111. The lowest BCUT2D eigenvalue weighted by molar-refractivity contribution is -0.126. The van der Waals surface area contributed by atoms with Crippen LogP contribution in [0.15, 0.2) is 24.3 Å². The van der Waals surface area contributed by atoms with E-state index in [-0.39, 0.29) is 41.6 Å². The Labute approximate surface area is 148 Å². The highest BCUT2D eigenvalue weighted by molar-refractivity contribution is 7.91. The molecule has 1 aromatic carbocycles. The van der Waals surface area contributed by atoms with Crippen molar-refractivity contribution in [1.82, 2.24) is 5.32 Å². The molecule has 0 aromatic heterocycles. The van der Waals surface area contributed by atoms with Crippen molar-refractivity contribution in [2.45, 2.75) is 26.2 Å². The monoisotopic (exact) mass is 364 g/mol. The van der Waals surface area contributed by atoms with E-state index in [2.05, 4.69) is 5.32 Å². The second-order valence-electron chi connectivity index (χ2n) is 6.90. The summed E-state index contributed by atoms with van der Waals surface area (Å²) in [5.74, 6) is -0.235. The maximum absolute atomic E-state index is 12.4. The Morgan fingerprint density at radius 3 is 2.76 bits per heavy atom. The van der Waals surface area contributed by atoms with Gasteiger partial charge in [0.1, 0.15) is 0 Å². The highest BCUT2D eigenvalue weighted by Crippen LogP contribution is 2.28. The molecular weight excluding hydrogens is 340 g/mol. The second kappa shape index (κ2) is 7.15. The summed E-state index contributed by atoms with van der Waals surface area (Å²) in [5.41, 5.74) is 1.97. The van der Waals surface area contributed by atoms with Gasteiger partial charge in [-0.15, -0.1) is 0 Å². The normalized spacial score (nSPS) is 25.3. The fourth-order valence-corrected chi connectivity index (χ4v) is 5.47. The number of nitrogens with one attached hydrogen (secondary N) is 1. The molecule has 0 radical (unpaired) electrons. The molecule has 2 heterocycles. The number of sulfone groups is 1. The highest BCUT2D eigenvalue weighted by atomic mass is 32.2. The summed E-state index contributed by atoms with van der Waals surface area (Å²) < 4.78 is 23.0. The zero-order valence-electron chi connectivity index (χ0n) is 14.4. The third-order valence-electron chi connectivity index (χ3n) is 5.05. The van der Waals surface area contributed by atoms with Gasteiger partial charge in [-0.1, -0.05) is 25.1 Å². The molecule has 0 aliphatic carbocycles. The Hall–Kier alpha value is -1.89. The first-order valence-electron chi connectivity index (χ1n) is 8.76. The molecule has 0 spiro atoms. The SMILES string of the molecule is CCc1ccccc1N1CC(C(=O)NCC2CCS(=O)(=O)C2)CC1=O. The van der Waals surface area contributed by atoms with E-state index in [0.29, 0.717) is 19.5 Å². The smallest absolute Gasteiger partial charge is 0.227 e. The van der Waals surface area contributed by atoms with Crippen molar-refractivity contribution in [1.29, 1.82) is 0 Å². The number of aryl methyl sites for hydroxylation is 1. The van der Waals surface area contributed by atoms with Crippen LogP contribution in [0.1, 0.15) is 25.3 Å². The third kappa shape index (κ3) is 4.03. The molecule has 2 saturated heterocycles. The molecule has 2 fully saturated rings. The van der Waals surface area contributed by atoms with Gasteiger partial charge in [-0.3, -0.25) is 9.59 Å². The number of anilines is 1. The summed E-state index contributed by atoms with van der Waals surface area (Å²) in [6, 6.07) is 7.76. The molecule has 136 valence electrons. The molecule has 25 heavy (non-hydrogen) atoms. The van der Waals surface area contributed by atoms with Crippen molar-refractivity contribution in [3.63, 3.8) is 0 Å². The zero-order valence-corrected chi connectivity index (χ0v) is 15.2. The van der Waals surface area contributed by atoms with Crippen molar-refractivity contribution in [3.8, 4) is 0 Å². The fraction of sp³-hybridized carbons (Fsp3) is 0.556. The van der Waals surface area contributed by atoms with Crippen molar-refractivity contribution < 1.29 is 18.0 Å². The highest BCUT2D eigenvalue weighted by Gasteiger charge is 2.36. The molecule has 1 aromatic rings. The number of hydrogen-bond donors (Lipinski definition) is 1. The minimum Gasteiger partial charge on any atom is -0.355 e. The van der Waals surface area contributed by atoms with Crippen LogP contribution in [0.3, 0.4) is 0 Å². The van der Waals surface area contributed by atoms with Crippen LogP contribution in [-0.2, 0) is 25.8 Å². The predicted molar refractivity (Wildman–Crippen MR) is 96.1 cm³/mol. The molecule has 1 N–H and O–H groups in total. The topological polar surface area (TPSA) is 83.6 Å². The number of rotatable bonds is 5. The largest absolute Gasteiger partial charge is 0.355 e. The first kappa shape index (κ1) is 17.9. The molecule has 7 heteroatoms. The molecule has 2 unspecified atom stereocenters. The number of para-hydroxylation sites is 1. The van der Waals surface area contributed by atoms with Gasteiger partial charge in [0.25, 0.3) is 0 Å². The quantitative estimate of drug-likeness (QED) is 0.850. The average molecular weight is 364 g/mol. The number of nitrogens with zero attached hydrogens (tertiary/aromatic N) is 1. The number of benzene rings is 1. The van der Waals surface area contributed by atoms with Gasteiger partial charge < -0.3 is 10.2 Å². The van der Waals surface area contributed by atoms with Crippen molar-refractivity contribution >= 4 is 27.3 Å². The molecule has 2 amide bonds. The number of amides is 2. The Bertz CT molecular complexity index is 775. The minimum atomic E-state index is -2.94. The van der Waals surface area contributed by atoms with E-state index in [1.165, 1.54) is 0 Å². The summed E-state index contributed by atoms with van der Waals surface area (Å²) in [5, 5.41) is 2.84. The van der Waals surface area contributed by atoms with Crippen LogP contribution < -0.4 is 10.2 Å². The lowest BCUT2D eigenvalue weighted by Crippen LogP contribution is -2.36. The van der Waals surface area contributed by atoms with E-state index in [0.717, 1.165) is 17.7 Å². The number of carbonyl (C=O) groups is 2. The van der Waals surface area contributed by atoms with Gasteiger partial charge in [-0.05, 0) is 30.4 Å². The standard InChI is InChI=1S/C18H24N2O4S/c1-2-14-5-3-4-6-16(14)20-11-15(9-17(20)21)18(22)19-10-13-7-8-25(23,24)12-13/h3-6,13,15H,2,7-12H2,1H3,(H,19,22). The van der Waals surface area contributed by atoms with Gasteiger partial charge in [0.15, 0.2) is 9.84 Å². The summed E-state index contributed by atoms with van der Waals surface area (Å²) in [6.07, 6.45) is 1.63. The Morgan fingerprint density at radius 2 is 2.08 bits per heavy atom. The van der Waals surface area contributed by atoms with E-state index in [4.69, 9.17) is 0 Å². The van der Waals surface area contributed by atoms with Crippen LogP contribution in [0.2, 0.25) is 0 Å². The van der Waals surface area contributed by atoms with E-state index >= 15 is 0 Å². The van der Waals surface area contributed by atoms with Gasteiger partial charge in [0, 0.05) is 25.2 Å². The van der Waals surface area contributed by atoms with Gasteiger partial charge >= 0.3 is 0 Å². The molecule has 3 rings (SSSR count). The number of hydrogen-bond acceptors (Lipinski definition) is 4. The van der Waals surface area contributed by atoms with E-state index in [1.807, 2.05) is 31.2 Å². The third-order valence-corrected chi connectivity index (χ3v) is 6.89. The lowest BCUT2D eigenvalue weighted by atomic mass is 10.1. The van der Waals surface area contributed by atoms with Crippen LogP contribution in [-0.4, -0.2) is 44.8 Å². The lowest BCUT2D eigenvalue weighted by Gasteiger charge is -2.20. The summed E-state index contributed by atoms with van der Waals surface area (Å²) in [6.45, 7) is 2.79. The predicted octanol–water partition coefficient (Wildman–Crippen LogP) is 1.15. The maximum Gasteiger partial charge on any atom is 0.227 e. The molecule has 0 saturated carbocycles. The zero-order chi connectivity index (χ0) is 18.0. The van der Waals surface area contributed by atoms with Gasteiger partial charge in [0.2, 0.25) is 11.8 Å². The molecular formula is C18H24N2O4S. The van der Waals surface area contributed by atoms with Crippen LogP contribution in [0.25, 0.3) is 0 Å². The molecule has 6 nitrogen and oxygen atoms in total. The number of carbonyl (C=O) groups excluding carboxylic acids is 2. The second-order valence-corrected chi connectivity index (χ2v) is 9.13. The van der Waals surface area contributed by atoms with Crippen LogP contribution in [0.4, 0.5) is 5.69 Å². The van der Waals surface area contributed by atoms with E-state index in [1.54, 1.807) is 4.90 Å². The molecule has 0 bridgehead atoms. The summed E-state index contributed by atoms with van der Waals surface area (Å²) >= 11 is 0. The van der Waals surface area contributed by atoms with E-state index in [9.17, 15) is 18.0 Å². The first-order chi connectivity index (χ1) is 11.9. The van der Waals surface area contributed by atoms with Crippen LogP contribution in [0.5, 0.6) is 0 Å². The van der Waals surface area contributed by atoms with Crippen LogP contribution >= 0.6 is 0 Å². The Balaban J connectivity index is 1.59. The van der Waals surface area contributed by atoms with Crippen LogP contribution in [0, 0.1) is 11.8 Å². The van der Waals surface area contributed by atoms with E-state index < -0.39 is 9.84 Å². The van der Waals surface area contributed by atoms with Gasteiger partial charge in [-0.25, -0.2) is 8.42 Å². The molecule has 2 aliphatic heterocycles. The maximum atomic E-state index is 12.4. The Morgan fingerprint density at radius 1 is 1.32 bits per heavy atom. The molecule has 2 aliphatic rings. The molecule has 2 atom stereocenters. The van der Waals surface area contributed by atoms with Crippen molar-refractivity contribution in [2.75, 3.05) is 29.5 Å². The fourth-order valence-electron chi connectivity index (χ4n) is 3.61. The Kier molecular flexibility index (Phi) is 5.13. The van der Waals surface area contributed by atoms with Gasteiger partial charge in [-0.2, -0.15) is 0 Å². The van der Waals surface area contributed by atoms with Crippen molar-refractivity contribution in [3.05, 3.63) is 29.8 Å². The summed E-state index contributed by atoms with van der Waals surface area (Å²) in [7, 11) is -2.94. The average Bonchev–Trinajstić information content (AvgIpc) is 3.14. The first-order valence-corrected chi connectivity index (χ1v) is 10.6. The summed E-state index contributed by atoms with van der Waals surface area (Å²) in [4.78, 5) is 26.5.